The molecule has 0 bridgehead atoms. The van der Waals surface area contributed by atoms with Gasteiger partial charge in [0.2, 0.25) is 0 Å². The molecule has 21 heavy (non-hydrogen) atoms. The molecule has 0 spiro atoms. The third-order valence-electron chi connectivity index (χ3n) is 4.25. The average molecular weight is 290 g/mol. The molecule has 1 aromatic rings. The van der Waals surface area contributed by atoms with Crippen LogP contribution in [0, 0.1) is 5.92 Å². The fourth-order valence-electron chi connectivity index (χ4n) is 2.97. The molecule has 1 aromatic heterocycles. The predicted molar refractivity (Wildman–Crippen MR) is 89.9 cm³/mol. The Hall–Kier alpha value is -1.32. The number of nitrogens with zero attached hydrogens (tertiary/aromatic N) is 2. The minimum atomic E-state index is 0.558. The molecule has 0 saturated heterocycles. The van der Waals surface area contributed by atoms with E-state index in [0.29, 0.717) is 6.04 Å². The van der Waals surface area contributed by atoms with Crippen molar-refractivity contribution in [3.8, 4) is 0 Å². The van der Waals surface area contributed by atoms with Gasteiger partial charge in [-0.15, -0.1) is 0 Å². The van der Waals surface area contributed by atoms with Gasteiger partial charge < -0.3 is 10.6 Å². The third kappa shape index (κ3) is 4.87. The molecule has 2 rings (SSSR count). The summed E-state index contributed by atoms with van der Waals surface area (Å²) in [6.07, 6.45) is 8.41. The first-order valence-corrected chi connectivity index (χ1v) is 8.61. The Balaban J connectivity index is 2.10. The van der Waals surface area contributed by atoms with Crippen LogP contribution in [0.2, 0.25) is 0 Å². The van der Waals surface area contributed by atoms with Crippen LogP contribution < -0.4 is 10.6 Å². The second kappa shape index (κ2) is 8.20. The molecule has 2 atom stereocenters. The lowest BCUT2D eigenvalue weighted by Crippen LogP contribution is -2.30. The van der Waals surface area contributed by atoms with Gasteiger partial charge in [0.15, 0.2) is 0 Å². The monoisotopic (exact) mass is 290 g/mol. The zero-order chi connectivity index (χ0) is 15.1. The minimum Gasteiger partial charge on any atom is -0.370 e. The minimum absolute atomic E-state index is 0.558. The maximum Gasteiger partial charge on any atom is 0.133 e. The van der Waals surface area contributed by atoms with Gasteiger partial charge in [0, 0.05) is 25.1 Å². The Morgan fingerprint density at radius 3 is 2.57 bits per heavy atom. The van der Waals surface area contributed by atoms with E-state index >= 15 is 0 Å². The average Bonchev–Trinajstić information content (AvgIpc) is 2.48. The van der Waals surface area contributed by atoms with Crippen molar-refractivity contribution in [3.05, 3.63) is 11.9 Å². The summed E-state index contributed by atoms with van der Waals surface area (Å²) < 4.78 is 0. The molecule has 0 aromatic carbocycles. The molecule has 2 unspecified atom stereocenters. The van der Waals surface area contributed by atoms with Crippen LogP contribution in [-0.2, 0) is 6.42 Å². The van der Waals surface area contributed by atoms with Crippen LogP contribution in [0.15, 0.2) is 6.07 Å². The highest BCUT2D eigenvalue weighted by Crippen LogP contribution is 2.26. The Labute approximate surface area is 129 Å². The Kier molecular flexibility index (Phi) is 6.27. The van der Waals surface area contributed by atoms with E-state index in [-0.39, 0.29) is 0 Å². The molecule has 4 heteroatoms. The smallest absolute Gasteiger partial charge is 0.133 e. The number of hydrogen-bond donors (Lipinski definition) is 2. The summed E-state index contributed by atoms with van der Waals surface area (Å²) in [7, 11) is 0. The van der Waals surface area contributed by atoms with E-state index in [1.165, 1.54) is 25.7 Å². The molecule has 1 fully saturated rings. The topological polar surface area (TPSA) is 49.8 Å². The van der Waals surface area contributed by atoms with Gasteiger partial charge in [0.1, 0.15) is 17.5 Å². The lowest BCUT2D eigenvalue weighted by molar-refractivity contribution is 0.349. The zero-order valence-electron chi connectivity index (χ0n) is 13.8. The van der Waals surface area contributed by atoms with Crippen molar-refractivity contribution < 1.29 is 0 Å². The van der Waals surface area contributed by atoms with Crippen molar-refractivity contribution in [2.45, 2.75) is 71.8 Å². The van der Waals surface area contributed by atoms with Crippen LogP contribution in [0.4, 0.5) is 11.6 Å². The first-order valence-electron chi connectivity index (χ1n) is 8.61. The maximum atomic E-state index is 4.70. The molecule has 0 amide bonds. The van der Waals surface area contributed by atoms with Crippen molar-refractivity contribution in [2.75, 3.05) is 17.2 Å². The quantitative estimate of drug-likeness (QED) is 0.788. The molecule has 1 saturated carbocycles. The van der Waals surface area contributed by atoms with Gasteiger partial charge in [-0.05, 0) is 31.6 Å². The molecule has 0 aliphatic heterocycles. The van der Waals surface area contributed by atoms with Gasteiger partial charge >= 0.3 is 0 Å². The zero-order valence-corrected chi connectivity index (χ0v) is 13.8. The van der Waals surface area contributed by atoms with Crippen LogP contribution in [0.5, 0.6) is 0 Å². The molecular formula is C17H30N4. The van der Waals surface area contributed by atoms with Crippen LogP contribution >= 0.6 is 0 Å². The van der Waals surface area contributed by atoms with Gasteiger partial charge in [-0.3, -0.25) is 0 Å². The standard InChI is InChI=1S/C17H30N4/c1-4-8-15-20-16(18-11-5-2)12-17(21-15)19-14-10-7-6-9-13(14)3/h12-14H,4-11H2,1-3H3,(H2,18,19,20,21). The van der Waals surface area contributed by atoms with Crippen molar-refractivity contribution in [1.29, 1.82) is 0 Å². The van der Waals surface area contributed by atoms with Gasteiger partial charge in [-0.1, -0.05) is 33.6 Å². The predicted octanol–water partition coefficient (Wildman–Crippen LogP) is 4.24. The van der Waals surface area contributed by atoms with Crippen LogP contribution in [-0.4, -0.2) is 22.6 Å². The van der Waals surface area contributed by atoms with Gasteiger partial charge in [0.05, 0.1) is 0 Å². The van der Waals surface area contributed by atoms with Crippen molar-refractivity contribution in [1.82, 2.24) is 9.97 Å². The van der Waals surface area contributed by atoms with E-state index in [2.05, 4.69) is 42.5 Å². The highest BCUT2D eigenvalue weighted by Gasteiger charge is 2.21. The van der Waals surface area contributed by atoms with E-state index in [1.807, 2.05) is 0 Å². The number of aromatic nitrogens is 2. The summed E-state index contributed by atoms with van der Waals surface area (Å²) in [4.78, 5) is 9.31. The molecule has 4 nitrogen and oxygen atoms in total. The Bertz CT molecular complexity index is 433. The van der Waals surface area contributed by atoms with E-state index < -0.39 is 0 Å². The van der Waals surface area contributed by atoms with Crippen molar-refractivity contribution in [2.24, 2.45) is 5.92 Å². The summed E-state index contributed by atoms with van der Waals surface area (Å²) in [6.45, 7) is 7.65. The summed E-state index contributed by atoms with van der Waals surface area (Å²) in [6, 6.07) is 2.62. The highest BCUT2D eigenvalue weighted by molar-refractivity contribution is 5.48. The Morgan fingerprint density at radius 1 is 1.10 bits per heavy atom. The van der Waals surface area contributed by atoms with E-state index in [1.54, 1.807) is 0 Å². The summed E-state index contributed by atoms with van der Waals surface area (Å²) >= 11 is 0. The maximum absolute atomic E-state index is 4.70. The van der Waals surface area contributed by atoms with Crippen molar-refractivity contribution in [3.63, 3.8) is 0 Å². The Morgan fingerprint density at radius 2 is 1.86 bits per heavy atom. The fraction of sp³-hybridized carbons (Fsp3) is 0.765. The van der Waals surface area contributed by atoms with Gasteiger partial charge in [-0.25, -0.2) is 9.97 Å². The number of nitrogens with one attached hydrogen (secondary N) is 2. The van der Waals surface area contributed by atoms with Crippen LogP contribution in [0.3, 0.4) is 0 Å². The van der Waals surface area contributed by atoms with Crippen LogP contribution in [0.1, 0.15) is 65.1 Å². The van der Waals surface area contributed by atoms with Crippen molar-refractivity contribution >= 4 is 11.6 Å². The summed E-state index contributed by atoms with van der Waals surface area (Å²) in [5.41, 5.74) is 0. The highest BCUT2D eigenvalue weighted by atomic mass is 15.1. The molecule has 1 aliphatic carbocycles. The lowest BCUT2D eigenvalue weighted by atomic mass is 9.86. The molecule has 1 aliphatic rings. The number of hydrogen-bond acceptors (Lipinski definition) is 4. The number of rotatable bonds is 7. The summed E-state index contributed by atoms with van der Waals surface area (Å²) in [5.74, 6) is 3.63. The lowest BCUT2D eigenvalue weighted by Gasteiger charge is -2.30. The third-order valence-corrected chi connectivity index (χ3v) is 4.25. The van der Waals surface area contributed by atoms with E-state index in [9.17, 15) is 0 Å². The summed E-state index contributed by atoms with van der Waals surface area (Å²) in [5, 5.41) is 7.05. The van der Waals surface area contributed by atoms with Gasteiger partial charge in [-0.2, -0.15) is 0 Å². The number of aryl methyl sites for hydroxylation is 1. The molecule has 1 heterocycles. The molecule has 118 valence electrons. The second-order valence-electron chi connectivity index (χ2n) is 6.24. The second-order valence-corrected chi connectivity index (χ2v) is 6.24. The SMILES string of the molecule is CCCNc1cc(NC2CCCCC2C)nc(CCC)n1. The van der Waals surface area contributed by atoms with E-state index in [4.69, 9.17) is 4.98 Å². The van der Waals surface area contributed by atoms with Gasteiger partial charge in [0.25, 0.3) is 0 Å². The molecular weight excluding hydrogens is 260 g/mol. The molecule has 0 radical (unpaired) electrons. The largest absolute Gasteiger partial charge is 0.370 e. The normalized spacial score (nSPS) is 22.0. The van der Waals surface area contributed by atoms with Crippen LogP contribution in [0.25, 0.3) is 0 Å². The van der Waals surface area contributed by atoms with E-state index in [0.717, 1.165) is 49.2 Å². The first-order chi connectivity index (χ1) is 10.2. The molecule has 2 N–H and O–H groups in total. The first kappa shape index (κ1) is 16.1. The number of anilines is 2. The fourth-order valence-corrected chi connectivity index (χ4v) is 2.97.